The lowest BCUT2D eigenvalue weighted by atomic mass is 10.00. The summed E-state index contributed by atoms with van der Waals surface area (Å²) in [5.74, 6) is 0.622. The van der Waals surface area contributed by atoms with Gasteiger partial charge < -0.3 is 5.11 Å². The molecule has 84 valence electrons. The Balaban J connectivity index is 2.72. The van der Waals surface area contributed by atoms with E-state index in [4.69, 9.17) is 11.6 Å². The molecule has 1 rings (SSSR count). The molecule has 1 nitrogen and oxygen atoms in total. The van der Waals surface area contributed by atoms with Crippen LogP contribution in [0.5, 0.6) is 0 Å². The molecule has 1 aromatic rings. The van der Waals surface area contributed by atoms with Crippen LogP contribution in [0.25, 0.3) is 0 Å². The fourth-order valence-corrected chi connectivity index (χ4v) is 2.29. The maximum atomic E-state index is 10.0. The van der Waals surface area contributed by atoms with Crippen molar-refractivity contribution in [3.05, 3.63) is 32.4 Å². The molecule has 15 heavy (non-hydrogen) atoms. The predicted molar refractivity (Wildman–Crippen MR) is 73.2 cm³/mol. The molecule has 1 unspecified atom stereocenters. The van der Waals surface area contributed by atoms with E-state index in [-0.39, 0.29) is 0 Å². The van der Waals surface area contributed by atoms with E-state index in [9.17, 15) is 5.11 Å². The summed E-state index contributed by atoms with van der Waals surface area (Å²) in [5.41, 5.74) is 0.948. The van der Waals surface area contributed by atoms with Gasteiger partial charge in [-0.1, -0.05) is 25.4 Å². The number of hydrogen-bond donors (Lipinski definition) is 1. The third-order valence-corrected chi connectivity index (χ3v) is 3.55. The van der Waals surface area contributed by atoms with Crippen LogP contribution in [-0.2, 0) is 0 Å². The van der Waals surface area contributed by atoms with E-state index in [0.29, 0.717) is 10.9 Å². The third kappa shape index (κ3) is 4.29. The summed E-state index contributed by atoms with van der Waals surface area (Å²) in [6.45, 7) is 4.32. The Hall–Kier alpha value is 0.200. The smallest absolute Gasteiger partial charge is 0.0800 e. The molecule has 1 N–H and O–H groups in total. The topological polar surface area (TPSA) is 20.2 Å². The van der Waals surface area contributed by atoms with Crippen LogP contribution in [0.3, 0.4) is 0 Å². The first kappa shape index (κ1) is 13.3. The highest BCUT2D eigenvalue weighted by molar-refractivity contribution is 14.1. The minimum Gasteiger partial charge on any atom is -0.388 e. The zero-order valence-electron chi connectivity index (χ0n) is 9.00. The Kier molecular flexibility index (Phi) is 5.36. The van der Waals surface area contributed by atoms with Crippen LogP contribution in [0, 0.1) is 9.49 Å². The van der Waals surface area contributed by atoms with E-state index in [0.717, 1.165) is 22.0 Å². The summed E-state index contributed by atoms with van der Waals surface area (Å²) >= 11 is 8.14. The van der Waals surface area contributed by atoms with Gasteiger partial charge in [0.25, 0.3) is 0 Å². The monoisotopic (exact) mass is 338 g/mol. The highest BCUT2D eigenvalue weighted by Gasteiger charge is 2.12. The Morgan fingerprint density at radius 3 is 2.60 bits per heavy atom. The van der Waals surface area contributed by atoms with Gasteiger partial charge in [0, 0.05) is 8.59 Å². The van der Waals surface area contributed by atoms with Crippen molar-refractivity contribution in [2.45, 2.75) is 32.8 Å². The first-order valence-electron chi connectivity index (χ1n) is 5.13. The first-order chi connectivity index (χ1) is 7.00. The lowest BCUT2D eigenvalue weighted by Gasteiger charge is -2.14. The molecule has 0 radical (unpaired) electrons. The molecule has 1 aromatic carbocycles. The average molecular weight is 339 g/mol. The van der Waals surface area contributed by atoms with Gasteiger partial charge in [0.15, 0.2) is 0 Å². The van der Waals surface area contributed by atoms with E-state index >= 15 is 0 Å². The van der Waals surface area contributed by atoms with Crippen molar-refractivity contribution in [3.63, 3.8) is 0 Å². The fraction of sp³-hybridized carbons (Fsp3) is 0.500. The lowest BCUT2D eigenvalue weighted by Crippen LogP contribution is -2.02. The summed E-state index contributed by atoms with van der Waals surface area (Å²) in [5, 5.41) is 10.7. The molecule has 0 amide bonds. The van der Waals surface area contributed by atoms with Crippen molar-refractivity contribution in [1.29, 1.82) is 0 Å². The van der Waals surface area contributed by atoms with Crippen molar-refractivity contribution in [2.24, 2.45) is 5.92 Å². The SMILES string of the molecule is CC(C)CCC(O)c1cc(Cl)ccc1I. The van der Waals surface area contributed by atoms with E-state index in [1.807, 2.05) is 18.2 Å². The molecular formula is C12H16ClIO. The number of halogens is 2. The highest BCUT2D eigenvalue weighted by atomic mass is 127. The Bertz CT molecular complexity index is 325. The minimum absolute atomic E-state index is 0.391. The summed E-state index contributed by atoms with van der Waals surface area (Å²) in [7, 11) is 0. The zero-order chi connectivity index (χ0) is 11.4. The van der Waals surface area contributed by atoms with E-state index < -0.39 is 6.10 Å². The second-order valence-corrected chi connectivity index (χ2v) is 5.75. The van der Waals surface area contributed by atoms with Crippen LogP contribution in [0.15, 0.2) is 18.2 Å². The van der Waals surface area contributed by atoms with Crippen molar-refractivity contribution < 1.29 is 5.11 Å². The van der Waals surface area contributed by atoms with Crippen LogP contribution in [0.4, 0.5) is 0 Å². The lowest BCUT2D eigenvalue weighted by molar-refractivity contribution is 0.158. The molecular weight excluding hydrogens is 322 g/mol. The number of benzene rings is 1. The molecule has 0 aromatic heterocycles. The number of aliphatic hydroxyl groups is 1. The van der Waals surface area contributed by atoms with Gasteiger partial charge in [-0.05, 0) is 65.1 Å². The van der Waals surface area contributed by atoms with Crippen LogP contribution < -0.4 is 0 Å². The molecule has 0 aliphatic rings. The van der Waals surface area contributed by atoms with Crippen LogP contribution in [-0.4, -0.2) is 5.11 Å². The van der Waals surface area contributed by atoms with E-state index in [1.54, 1.807) is 0 Å². The number of rotatable bonds is 4. The molecule has 3 heteroatoms. The molecule has 0 heterocycles. The Labute approximate surface area is 110 Å². The van der Waals surface area contributed by atoms with Crippen LogP contribution >= 0.6 is 34.2 Å². The minimum atomic E-state index is -0.391. The average Bonchev–Trinajstić information content (AvgIpc) is 2.18. The molecule has 0 aliphatic heterocycles. The zero-order valence-corrected chi connectivity index (χ0v) is 11.9. The van der Waals surface area contributed by atoms with E-state index in [2.05, 4.69) is 36.4 Å². The summed E-state index contributed by atoms with van der Waals surface area (Å²) in [4.78, 5) is 0. The summed E-state index contributed by atoms with van der Waals surface area (Å²) < 4.78 is 1.08. The van der Waals surface area contributed by atoms with Gasteiger partial charge in [-0.3, -0.25) is 0 Å². The van der Waals surface area contributed by atoms with Gasteiger partial charge in [0.1, 0.15) is 0 Å². The molecule has 0 fully saturated rings. The quantitative estimate of drug-likeness (QED) is 0.806. The largest absolute Gasteiger partial charge is 0.388 e. The Morgan fingerprint density at radius 1 is 1.33 bits per heavy atom. The van der Waals surface area contributed by atoms with Gasteiger partial charge in [-0.25, -0.2) is 0 Å². The second-order valence-electron chi connectivity index (χ2n) is 4.15. The van der Waals surface area contributed by atoms with Crippen LogP contribution in [0.1, 0.15) is 38.4 Å². The Morgan fingerprint density at radius 2 is 2.00 bits per heavy atom. The van der Waals surface area contributed by atoms with Crippen LogP contribution in [0.2, 0.25) is 5.02 Å². The van der Waals surface area contributed by atoms with Gasteiger partial charge in [0.2, 0.25) is 0 Å². The van der Waals surface area contributed by atoms with Gasteiger partial charge in [-0.15, -0.1) is 0 Å². The third-order valence-electron chi connectivity index (χ3n) is 2.33. The van der Waals surface area contributed by atoms with Crippen molar-refractivity contribution in [1.82, 2.24) is 0 Å². The molecule has 0 spiro atoms. The molecule has 0 aliphatic carbocycles. The van der Waals surface area contributed by atoms with Crippen molar-refractivity contribution in [3.8, 4) is 0 Å². The normalized spacial score (nSPS) is 13.2. The van der Waals surface area contributed by atoms with Gasteiger partial charge in [0.05, 0.1) is 6.10 Å². The van der Waals surface area contributed by atoms with Crippen molar-refractivity contribution >= 4 is 34.2 Å². The number of aliphatic hydroxyl groups excluding tert-OH is 1. The van der Waals surface area contributed by atoms with Crippen molar-refractivity contribution in [2.75, 3.05) is 0 Å². The molecule has 0 saturated heterocycles. The second kappa shape index (κ2) is 6.06. The molecule has 0 bridgehead atoms. The number of hydrogen-bond acceptors (Lipinski definition) is 1. The molecule has 0 saturated carbocycles. The standard InChI is InChI=1S/C12H16ClIO/c1-8(2)3-6-12(15)10-7-9(13)4-5-11(10)14/h4-5,7-8,12,15H,3,6H2,1-2H3. The van der Waals surface area contributed by atoms with Gasteiger partial charge >= 0.3 is 0 Å². The van der Waals surface area contributed by atoms with Gasteiger partial charge in [-0.2, -0.15) is 0 Å². The maximum Gasteiger partial charge on any atom is 0.0800 e. The molecule has 1 atom stereocenters. The van der Waals surface area contributed by atoms with E-state index in [1.165, 1.54) is 0 Å². The maximum absolute atomic E-state index is 10.0. The summed E-state index contributed by atoms with van der Waals surface area (Å²) in [6, 6.07) is 5.65. The fourth-order valence-electron chi connectivity index (χ4n) is 1.42. The first-order valence-corrected chi connectivity index (χ1v) is 6.59. The summed E-state index contributed by atoms with van der Waals surface area (Å²) in [6.07, 6.45) is 1.44. The predicted octanol–water partition coefficient (Wildman–Crippen LogP) is 4.41. The highest BCUT2D eigenvalue weighted by Crippen LogP contribution is 2.27.